The van der Waals surface area contributed by atoms with Crippen LogP contribution in [0, 0.1) is 0 Å². The summed E-state index contributed by atoms with van der Waals surface area (Å²) in [5.41, 5.74) is 8.04. The second kappa shape index (κ2) is 5.05. The number of rotatable bonds is 3. The van der Waals surface area contributed by atoms with Crippen LogP contribution < -0.4 is 11.6 Å². The quantitative estimate of drug-likeness (QED) is 0.472. The third-order valence-electron chi connectivity index (χ3n) is 2.33. The minimum atomic E-state index is 0.256. The van der Waals surface area contributed by atoms with E-state index < -0.39 is 0 Å². The number of hydrazone groups is 1. The lowest BCUT2D eigenvalue weighted by molar-refractivity contribution is 1.17. The second-order valence-corrected chi connectivity index (χ2v) is 3.45. The summed E-state index contributed by atoms with van der Waals surface area (Å²) in [6.07, 6.45) is 6.43. The zero-order valence-corrected chi connectivity index (χ0v) is 9.61. The third kappa shape index (κ3) is 2.17. The summed E-state index contributed by atoms with van der Waals surface area (Å²) >= 11 is 0. The van der Waals surface area contributed by atoms with Crippen molar-refractivity contribution >= 4 is 11.5 Å². The van der Waals surface area contributed by atoms with Gasteiger partial charge >= 0.3 is 0 Å². The van der Waals surface area contributed by atoms with Gasteiger partial charge < -0.3 is 11.6 Å². The van der Waals surface area contributed by atoms with E-state index in [2.05, 4.69) is 26.6 Å². The highest BCUT2D eigenvalue weighted by Gasteiger charge is 2.10. The first kappa shape index (κ1) is 11.7. The summed E-state index contributed by atoms with van der Waals surface area (Å²) in [7, 11) is 0. The monoisotopic (exact) mass is 240 g/mol. The van der Waals surface area contributed by atoms with Crippen LogP contribution in [0.25, 0.3) is 11.3 Å². The van der Waals surface area contributed by atoms with Gasteiger partial charge in [-0.15, -0.1) is 0 Å². The molecule has 0 unspecified atom stereocenters. The zero-order chi connectivity index (χ0) is 13.0. The van der Waals surface area contributed by atoms with Crippen molar-refractivity contribution in [2.75, 3.05) is 5.73 Å². The Labute approximate surface area is 104 Å². The van der Waals surface area contributed by atoms with Gasteiger partial charge in [0.1, 0.15) is 11.4 Å². The van der Waals surface area contributed by atoms with Crippen LogP contribution in [0.3, 0.4) is 0 Å². The Morgan fingerprint density at radius 1 is 1.39 bits per heavy atom. The van der Waals surface area contributed by atoms with Crippen LogP contribution in [0.5, 0.6) is 0 Å². The van der Waals surface area contributed by atoms with Crippen molar-refractivity contribution in [2.24, 2.45) is 10.9 Å². The predicted molar refractivity (Wildman–Crippen MR) is 70.6 cm³/mol. The molecule has 0 atom stereocenters. The molecule has 4 N–H and O–H groups in total. The Hall–Kier alpha value is -2.76. The molecule has 0 amide bonds. The molecule has 0 bridgehead atoms. The van der Waals surface area contributed by atoms with Gasteiger partial charge in [0.25, 0.3) is 0 Å². The summed E-state index contributed by atoms with van der Waals surface area (Å²) in [6.45, 7) is 3.61. The number of nitrogen functional groups attached to an aromatic ring is 1. The van der Waals surface area contributed by atoms with Crippen LogP contribution in [0.15, 0.2) is 48.5 Å². The Morgan fingerprint density at radius 3 is 2.83 bits per heavy atom. The molecule has 0 spiro atoms. The summed E-state index contributed by atoms with van der Waals surface area (Å²) in [5, 5.41) is 3.57. The number of allylic oxidation sites excluding steroid dienone is 1. The number of hydrogen-bond acceptors (Lipinski definition) is 6. The number of pyridine rings is 1. The molecule has 0 fully saturated rings. The first-order chi connectivity index (χ1) is 8.76. The second-order valence-electron chi connectivity index (χ2n) is 3.45. The van der Waals surface area contributed by atoms with E-state index in [-0.39, 0.29) is 5.82 Å². The average molecular weight is 240 g/mol. The van der Waals surface area contributed by atoms with Crippen molar-refractivity contribution in [1.82, 2.24) is 15.0 Å². The number of nitrogens with two attached hydrogens (primary N) is 2. The van der Waals surface area contributed by atoms with Crippen LogP contribution in [-0.4, -0.2) is 20.7 Å². The van der Waals surface area contributed by atoms with E-state index in [0.717, 1.165) is 5.56 Å². The molecule has 0 radical (unpaired) electrons. The van der Waals surface area contributed by atoms with Crippen molar-refractivity contribution in [1.29, 1.82) is 0 Å². The highest BCUT2D eigenvalue weighted by molar-refractivity contribution is 6.09. The minimum Gasteiger partial charge on any atom is -0.382 e. The van der Waals surface area contributed by atoms with Crippen LogP contribution in [0.2, 0.25) is 0 Å². The molecule has 6 heteroatoms. The molecule has 0 aromatic carbocycles. The Kier molecular flexibility index (Phi) is 3.29. The van der Waals surface area contributed by atoms with E-state index in [1.54, 1.807) is 18.6 Å². The summed E-state index contributed by atoms with van der Waals surface area (Å²) in [6, 6.07) is 3.70. The maximum Gasteiger partial charge on any atom is 0.151 e. The van der Waals surface area contributed by atoms with E-state index in [0.29, 0.717) is 17.1 Å². The number of nitrogens with zero attached hydrogens (tertiary/aromatic N) is 4. The lowest BCUT2D eigenvalue weighted by Gasteiger charge is -2.06. The molecular formula is C12H12N6. The minimum absolute atomic E-state index is 0.256. The van der Waals surface area contributed by atoms with E-state index in [1.807, 2.05) is 12.1 Å². The molecule has 0 saturated carbocycles. The van der Waals surface area contributed by atoms with Crippen LogP contribution >= 0.6 is 0 Å². The van der Waals surface area contributed by atoms with Gasteiger partial charge in [0.15, 0.2) is 5.82 Å². The van der Waals surface area contributed by atoms with Gasteiger partial charge in [0, 0.05) is 18.0 Å². The van der Waals surface area contributed by atoms with E-state index in [1.165, 1.54) is 6.08 Å². The SMILES string of the molecule is C=C/C(=N\N)c1nc(-c2cccnc2)cnc1N. The molecule has 0 saturated heterocycles. The molecular weight excluding hydrogens is 228 g/mol. The fraction of sp³-hybridized carbons (Fsp3) is 0. The van der Waals surface area contributed by atoms with Crippen molar-refractivity contribution < 1.29 is 0 Å². The van der Waals surface area contributed by atoms with Crippen molar-refractivity contribution in [3.8, 4) is 11.3 Å². The average Bonchev–Trinajstić information content (AvgIpc) is 2.43. The van der Waals surface area contributed by atoms with Crippen molar-refractivity contribution in [3.63, 3.8) is 0 Å². The van der Waals surface area contributed by atoms with Gasteiger partial charge in [-0.25, -0.2) is 9.97 Å². The van der Waals surface area contributed by atoms with Gasteiger partial charge in [-0.2, -0.15) is 5.10 Å². The lowest BCUT2D eigenvalue weighted by atomic mass is 10.2. The van der Waals surface area contributed by atoms with Gasteiger partial charge in [0.2, 0.25) is 0 Å². The number of hydrogen-bond donors (Lipinski definition) is 2. The van der Waals surface area contributed by atoms with Gasteiger partial charge in [0.05, 0.1) is 11.9 Å². The predicted octanol–water partition coefficient (Wildman–Crippen LogP) is 0.970. The number of aromatic nitrogens is 3. The summed E-state index contributed by atoms with van der Waals surface area (Å²) in [5.74, 6) is 5.51. The lowest BCUT2D eigenvalue weighted by Crippen LogP contribution is -2.10. The van der Waals surface area contributed by atoms with Crippen LogP contribution in [-0.2, 0) is 0 Å². The molecule has 18 heavy (non-hydrogen) atoms. The largest absolute Gasteiger partial charge is 0.382 e. The smallest absolute Gasteiger partial charge is 0.151 e. The molecule has 2 aromatic heterocycles. The van der Waals surface area contributed by atoms with Crippen molar-refractivity contribution in [3.05, 3.63) is 49.1 Å². The van der Waals surface area contributed by atoms with Gasteiger partial charge in [-0.1, -0.05) is 6.58 Å². The molecule has 0 aliphatic heterocycles. The maximum atomic E-state index is 5.75. The van der Waals surface area contributed by atoms with E-state index in [9.17, 15) is 0 Å². The van der Waals surface area contributed by atoms with Crippen molar-refractivity contribution in [2.45, 2.75) is 0 Å². The molecule has 2 heterocycles. The first-order valence-corrected chi connectivity index (χ1v) is 5.20. The molecule has 2 rings (SSSR count). The molecule has 0 aliphatic rings. The van der Waals surface area contributed by atoms with Crippen LogP contribution in [0.1, 0.15) is 5.69 Å². The topological polar surface area (TPSA) is 103 Å². The maximum absolute atomic E-state index is 5.75. The van der Waals surface area contributed by atoms with Crippen LogP contribution in [0.4, 0.5) is 5.82 Å². The normalized spacial score (nSPS) is 11.2. The fourth-order valence-corrected chi connectivity index (χ4v) is 1.45. The number of anilines is 1. The highest BCUT2D eigenvalue weighted by atomic mass is 15.1. The zero-order valence-electron chi connectivity index (χ0n) is 9.61. The van der Waals surface area contributed by atoms with E-state index >= 15 is 0 Å². The fourth-order valence-electron chi connectivity index (χ4n) is 1.45. The Morgan fingerprint density at radius 2 is 2.22 bits per heavy atom. The summed E-state index contributed by atoms with van der Waals surface area (Å²) in [4.78, 5) is 12.5. The molecule has 0 aliphatic carbocycles. The Bertz CT molecular complexity index is 591. The van der Waals surface area contributed by atoms with Gasteiger partial charge in [-0.05, 0) is 18.2 Å². The first-order valence-electron chi connectivity index (χ1n) is 5.20. The van der Waals surface area contributed by atoms with Gasteiger partial charge in [-0.3, -0.25) is 4.98 Å². The molecule has 90 valence electrons. The highest BCUT2D eigenvalue weighted by Crippen LogP contribution is 2.17. The molecule has 6 nitrogen and oxygen atoms in total. The summed E-state index contributed by atoms with van der Waals surface area (Å²) < 4.78 is 0. The molecule has 2 aromatic rings. The Balaban J connectivity index is 2.54. The standard InChI is InChI=1S/C12H12N6/c1-2-9(18-14)11-12(13)16-7-10(17-11)8-4-3-5-15-6-8/h2-7H,1,14H2,(H2,13,16)/b18-9+. The van der Waals surface area contributed by atoms with E-state index in [4.69, 9.17) is 11.6 Å². The third-order valence-corrected chi connectivity index (χ3v) is 2.33.